The van der Waals surface area contributed by atoms with E-state index in [-0.39, 0.29) is 18.2 Å². The molecule has 1 aliphatic rings. The molecule has 87 valence electrons. The lowest BCUT2D eigenvalue weighted by atomic mass is 10.1. The van der Waals surface area contributed by atoms with Crippen molar-refractivity contribution in [3.05, 3.63) is 0 Å². The van der Waals surface area contributed by atoms with Gasteiger partial charge in [-0.05, 0) is 34.6 Å². The van der Waals surface area contributed by atoms with E-state index < -0.39 is 5.60 Å². The summed E-state index contributed by atoms with van der Waals surface area (Å²) in [6.07, 6.45) is -0.225. The van der Waals surface area contributed by atoms with Crippen molar-refractivity contribution in [1.29, 1.82) is 0 Å². The van der Waals surface area contributed by atoms with E-state index in [2.05, 4.69) is 5.32 Å². The third-order valence-electron chi connectivity index (χ3n) is 2.34. The molecular weight excluding hydrogens is 192 g/mol. The molecule has 0 spiro atoms. The van der Waals surface area contributed by atoms with Crippen LogP contribution in [0.5, 0.6) is 0 Å². The van der Waals surface area contributed by atoms with Crippen molar-refractivity contribution in [2.75, 3.05) is 13.1 Å². The Hall–Kier alpha value is -0.770. The fourth-order valence-electron chi connectivity index (χ4n) is 1.73. The van der Waals surface area contributed by atoms with Crippen LogP contribution in [0.2, 0.25) is 0 Å². The number of hydrogen-bond acceptors (Lipinski definition) is 2. The maximum absolute atomic E-state index is 11.9. The number of carbonyl (C=O) groups excluding carboxylic acids is 1. The summed E-state index contributed by atoms with van der Waals surface area (Å²) >= 11 is 0. The number of amides is 1. The van der Waals surface area contributed by atoms with Crippen LogP contribution >= 0.6 is 0 Å². The maximum Gasteiger partial charge on any atom is 0.410 e. The highest BCUT2D eigenvalue weighted by atomic mass is 16.6. The first-order valence-corrected chi connectivity index (χ1v) is 5.46. The van der Waals surface area contributed by atoms with Crippen molar-refractivity contribution in [2.45, 2.75) is 52.3 Å². The Balaban J connectivity index is 2.64. The average molecular weight is 213 g/mol. The molecular formula is C11H21N2O2. The lowest BCUT2D eigenvalue weighted by Gasteiger charge is -2.39. The van der Waals surface area contributed by atoms with Crippen molar-refractivity contribution in [1.82, 2.24) is 10.2 Å². The molecule has 0 aromatic carbocycles. The van der Waals surface area contributed by atoms with Crippen LogP contribution in [-0.2, 0) is 4.74 Å². The molecule has 1 fully saturated rings. The largest absolute Gasteiger partial charge is 0.444 e. The second-order valence-electron chi connectivity index (χ2n) is 5.17. The van der Waals surface area contributed by atoms with Crippen LogP contribution in [0.25, 0.3) is 0 Å². The molecule has 0 aliphatic carbocycles. The van der Waals surface area contributed by atoms with Crippen LogP contribution in [0, 0.1) is 0 Å². The number of piperazine rings is 1. The van der Waals surface area contributed by atoms with Gasteiger partial charge in [0.25, 0.3) is 0 Å². The molecule has 1 heterocycles. The minimum Gasteiger partial charge on any atom is -0.444 e. The molecule has 1 saturated heterocycles. The Labute approximate surface area is 92.0 Å². The number of nitrogens with zero attached hydrogens (tertiary/aromatic N) is 2. The summed E-state index contributed by atoms with van der Waals surface area (Å²) in [5, 5.41) is 4.32. The Kier molecular flexibility index (Phi) is 3.60. The van der Waals surface area contributed by atoms with Crippen LogP contribution in [0.1, 0.15) is 34.6 Å². The highest BCUT2D eigenvalue weighted by Gasteiger charge is 2.32. The second kappa shape index (κ2) is 4.39. The summed E-state index contributed by atoms with van der Waals surface area (Å²) < 4.78 is 5.36. The van der Waals surface area contributed by atoms with Crippen LogP contribution in [-0.4, -0.2) is 41.8 Å². The lowest BCUT2D eigenvalue weighted by Crippen LogP contribution is -2.56. The van der Waals surface area contributed by atoms with Gasteiger partial charge in [0.15, 0.2) is 0 Å². The summed E-state index contributed by atoms with van der Waals surface area (Å²) in [4.78, 5) is 13.7. The van der Waals surface area contributed by atoms with Gasteiger partial charge in [-0.3, -0.25) is 0 Å². The molecule has 4 heteroatoms. The van der Waals surface area contributed by atoms with Gasteiger partial charge in [0, 0.05) is 25.2 Å². The molecule has 0 aromatic heterocycles. The first kappa shape index (κ1) is 12.3. The van der Waals surface area contributed by atoms with Crippen molar-refractivity contribution >= 4 is 6.09 Å². The molecule has 2 atom stereocenters. The molecule has 0 N–H and O–H groups in total. The Morgan fingerprint density at radius 2 is 1.73 bits per heavy atom. The predicted octanol–water partition coefficient (Wildman–Crippen LogP) is 1.62. The van der Waals surface area contributed by atoms with Gasteiger partial charge in [-0.1, -0.05) is 0 Å². The SMILES string of the molecule is CC1C[N]CC(C)N1C(=O)OC(C)(C)C. The van der Waals surface area contributed by atoms with Gasteiger partial charge in [0.1, 0.15) is 5.60 Å². The minimum atomic E-state index is -0.425. The third kappa shape index (κ3) is 3.38. The van der Waals surface area contributed by atoms with Gasteiger partial charge in [0.05, 0.1) is 0 Å². The van der Waals surface area contributed by atoms with Crippen LogP contribution in [0.4, 0.5) is 4.79 Å². The third-order valence-corrected chi connectivity index (χ3v) is 2.34. The smallest absolute Gasteiger partial charge is 0.410 e. The van der Waals surface area contributed by atoms with E-state index >= 15 is 0 Å². The molecule has 0 aromatic rings. The summed E-state index contributed by atoms with van der Waals surface area (Å²) in [5.74, 6) is 0. The van der Waals surface area contributed by atoms with Crippen molar-refractivity contribution in [2.24, 2.45) is 0 Å². The highest BCUT2D eigenvalue weighted by Crippen LogP contribution is 2.16. The first-order valence-electron chi connectivity index (χ1n) is 5.46. The highest BCUT2D eigenvalue weighted by molar-refractivity contribution is 5.69. The van der Waals surface area contributed by atoms with Crippen molar-refractivity contribution in [3.8, 4) is 0 Å². The van der Waals surface area contributed by atoms with E-state index in [9.17, 15) is 4.79 Å². The molecule has 0 saturated carbocycles. The van der Waals surface area contributed by atoms with E-state index in [0.717, 1.165) is 0 Å². The van der Waals surface area contributed by atoms with Gasteiger partial charge < -0.3 is 9.64 Å². The number of hydrogen-bond donors (Lipinski definition) is 0. The summed E-state index contributed by atoms with van der Waals surface area (Å²) in [5.41, 5.74) is -0.425. The topological polar surface area (TPSA) is 43.6 Å². The molecule has 2 unspecified atom stereocenters. The summed E-state index contributed by atoms with van der Waals surface area (Å²) in [7, 11) is 0. The summed E-state index contributed by atoms with van der Waals surface area (Å²) in [6, 6.07) is 0.284. The van der Waals surface area contributed by atoms with Crippen LogP contribution < -0.4 is 5.32 Å². The zero-order chi connectivity index (χ0) is 11.6. The van der Waals surface area contributed by atoms with E-state index in [0.29, 0.717) is 13.1 Å². The van der Waals surface area contributed by atoms with Crippen LogP contribution in [0.15, 0.2) is 0 Å². The Bertz CT molecular complexity index is 225. The van der Waals surface area contributed by atoms with Gasteiger partial charge >= 0.3 is 6.09 Å². The maximum atomic E-state index is 11.9. The van der Waals surface area contributed by atoms with E-state index in [4.69, 9.17) is 4.74 Å². The van der Waals surface area contributed by atoms with Gasteiger partial charge in [-0.2, -0.15) is 0 Å². The normalized spacial score (nSPS) is 27.7. The Morgan fingerprint density at radius 3 is 2.13 bits per heavy atom. The fraction of sp³-hybridized carbons (Fsp3) is 0.909. The van der Waals surface area contributed by atoms with E-state index in [1.54, 1.807) is 4.90 Å². The monoisotopic (exact) mass is 213 g/mol. The van der Waals surface area contributed by atoms with E-state index in [1.165, 1.54) is 0 Å². The molecule has 1 aliphatic heterocycles. The van der Waals surface area contributed by atoms with Gasteiger partial charge in [0.2, 0.25) is 0 Å². The Morgan fingerprint density at radius 1 is 1.27 bits per heavy atom. The molecule has 1 rings (SSSR count). The molecule has 1 radical (unpaired) electrons. The minimum absolute atomic E-state index is 0.142. The molecule has 4 nitrogen and oxygen atoms in total. The molecule has 0 bridgehead atoms. The average Bonchev–Trinajstić information content (AvgIpc) is 1.99. The first-order chi connectivity index (χ1) is 6.81. The number of carbonyl (C=O) groups is 1. The van der Waals surface area contributed by atoms with Crippen molar-refractivity contribution in [3.63, 3.8) is 0 Å². The van der Waals surface area contributed by atoms with E-state index in [1.807, 2.05) is 34.6 Å². The fourth-order valence-corrected chi connectivity index (χ4v) is 1.73. The van der Waals surface area contributed by atoms with Gasteiger partial charge in [-0.15, -0.1) is 0 Å². The number of ether oxygens (including phenoxy) is 1. The van der Waals surface area contributed by atoms with Crippen LogP contribution in [0.3, 0.4) is 0 Å². The second-order valence-corrected chi connectivity index (χ2v) is 5.17. The van der Waals surface area contributed by atoms with Crippen molar-refractivity contribution < 1.29 is 9.53 Å². The standard InChI is InChI=1S/C11H21N2O2/c1-8-6-12-7-9(2)13(8)10(14)15-11(3,4)5/h8-9H,6-7H2,1-5H3. The van der Waals surface area contributed by atoms with Gasteiger partial charge in [-0.25, -0.2) is 10.1 Å². The molecule has 1 amide bonds. The zero-order valence-corrected chi connectivity index (χ0v) is 10.3. The number of rotatable bonds is 0. The molecule has 15 heavy (non-hydrogen) atoms. The quantitative estimate of drug-likeness (QED) is 0.613. The lowest BCUT2D eigenvalue weighted by molar-refractivity contribution is 0.00266. The predicted molar refractivity (Wildman–Crippen MR) is 58.9 cm³/mol. The summed E-state index contributed by atoms with van der Waals surface area (Å²) in [6.45, 7) is 11.1. The zero-order valence-electron chi connectivity index (χ0n) is 10.3.